The molecule has 0 saturated carbocycles. The fraction of sp³-hybridized carbons (Fsp3) is 1.00. The Hall–Kier alpha value is -0.400. The molecule has 10 heteroatoms. The molecule has 1 rings (SSSR count). The third-order valence-electron chi connectivity index (χ3n) is 3.25. The van der Waals surface area contributed by atoms with Gasteiger partial charge >= 0.3 is 0 Å². The monoisotopic (exact) mass is 314 g/mol. The molecule has 1 aliphatic rings. The molecule has 0 aromatic heterocycles. The minimum Gasteiger partial charge on any atom is -0.394 e. The highest BCUT2D eigenvalue weighted by Crippen LogP contribution is 2.26. The van der Waals surface area contributed by atoms with Crippen molar-refractivity contribution < 1.29 is 50.3 Å². The molecule has 3 unspecified atom stereocenters. The van der Waals surface area contributed by atoms with Crippen LogP contribution in [0, 0.1) is 0 Å². The van der Waals surface area contributed by atoms with Crippen molar-refractivity contribution in [3.05, 3.63) is 0 Å². The summed E-state index contributed by atoms with van der Waals surface area (Å²) < 4.78 is 10.1. The predicted octanol–water partition coefficient (Wildman–Crippen LogP) is -5.12. The summed E-state index contributed by atoms with van der Waals surface area (Å²) >= 11 is 0. The second-order valence-electron chi connectivity index (χ2n) is 4.80. The van der Waals surface area contributed by atoms with Gasteiger partial charge in [0.15, 0.2) is 6.29 Å². The van der Waals surface area contributed by atoms with Gasteiger partial charge in [-0.1, -0.05) is 0 Å². The van der Waals surface area contributed by atoms with E-state index >= 15 is 0 Å². The zero-order valence-electron chi connectivity index (χ0n) is 11.1. The van der Waals surface area contributed by atoms with E-state index < -0.39 is 68.8 Å². The minimum atomic E-state index is -1.62. The lowest BCUT2D eigenvalue weighted by molar-refractivity contribution is -0.241. The first-order chi connectivity index (χ1) is 9.87. The second-order valence-corrected chi connectivity index (χ2v) is 4.80. The van der Waals surface area contributed by atoms with E-state index in [0.29, 0.717) is 0 Å². The van der Waals surface area contributed by atoms with Gasteiger partial charge in [-0.2, -0.15) is 0 Å². The number of ether oxygens (including phenoxy) is 2. The molecule has 1 aliphatic heterocycles. The van der Waals surface area contributed by atoms with Crippen LogP contribution >= 0.6 is 0 Å². The smallest absolute Gasteiger partial charge is 0.187 e. The first-order valence-corrected chi connectivity index (χ1v) is 6.41. The van der Waals surface area contributed by atoms with Gasteiger partial charge in [-0.15, -0.1) is 0 Å². The van der Waals surface area contributed by atoms with E-state index in [1.165, 1.54) is 0 Å². The van der Waals surface area contributed by atoms with Crippen LogP contribution in [-0.4, -0.2) is 110 Å². The van der Waals surface area contributed by atoms with Gasteiger partial charge in [-0.3, -0.25) is 0 Å². The van der Waals surface area contributed by atoms with Crippen molar-refractivity contribution in [2.75, 3.05) is 19.8 Å². The molecule has 10 nitrogen and oxygen atoms in total. The Kier molecular flexibility index (Phi) is 7.36. The molecule has 1 heterocycles. The molecule has 21 heavy (non-hydrogen) atoms. The van der Waals surface area contributed by atoms with E-state index in [1.807, 2.05) is 0 Å². The second kappa shape index (κ2) is 8.29. The maximum Gasteiger partial charge on any atom is 0.187 e. The molecule has 0 aliphatic carbocycles. The average Bonchev–Trinajstić information content (AvgIpc) is 2.78. The fourth-order valence-corrected chi connectivity index (χ4v) is 2.01. The van der Waals surface area contributed by atoms with E-state index in [1.54, 1.807) is 0 Å². The van der Waals surface area contributed by atoms with Crippen LogP contribution in [0.3, 0.4) is 0 Å². The zero-order chi connectivity index (χ0) is 16.2. The van der Waals surface area contributed by atoms with Gasteiger partial charge in [0.2, 0.25) is 0 Å². The third kappa shape index (κ3) is 4.29. The van der Waals surface area contributed by atoms with Crippen molar-refractivity contribution in [3.8, 4) is 0 Å². The molecule has 0 spiro atoms. The predicted molar refractivity (Wildman–Crippen MR) is 64.8 cm³/mol. The van der Waals surface area contributed by atoms with Gasteiger partial charge in [0.1, 0.15) is 42.7 Å². The van der Waals surface area contributed by atoms with E-state index in [9.17, 15) is 25.5 Å². The number of aliphatic hydroxyl groups is 8. The van der Waals surface area contributed by atoms with Crippen LogP contribution in [0.25, 0.3) is 0 Å². The summed E-state index contributed by atoms with van der Waals surface area (Å²) in [5.41, 5.74) is 0. The van der Waals surface area contributed by atoms with Crippen molar-refractivity contribution in [3.63, 3.8) is 0 Å². The van der Waals surface area contributed by atoms with Gasteiger partial charge in [0, 0.05) is 0 Å². The van der Waals surface area contributed by atoms with Crippen molar-refractivity contribution in [1.29, 1.82) is 0 Å². The maximum absolute atomic E-state index is 9.75. The topological polar surface area (TPSA) is 180 Å². The molecule has 1 saturated heterocycles. The Morgan fingerprint density at radius 2 is 1.38 bits per heavy atom. The molecular formula is C11H22O10. The van der Waals surface area contributed by atoms with E-state index in [2.05, 4.69) is 0 Å². The SMILES string of the molecule is OCC(O)C(O[C@@H]1O[C@@H](C(O)CO)[C@H](O)[C@H]1O)C(O)CO. The first-order valence-electron chi connectivity index (χ1n) is 6.41. The van der Waals surface area contributed by atoms with Crippen LogP contribution < -0.4 is 0 Å². The van der Waals surface area contributed by atoms with Crippen molar-refractivity contribution in [1.82, 2.24) is 0 Å². The average molecular weight is 314 g/mol. The molecule has 0 aromatic carbocycles. The van der Waals surface area contributed by atoms with E-state index in [-0.39, 0.29) is 0 Å². The number of hydrogen-bond acceptors (Lipinski definition) is 10. The number of aliphatic hydroxyl groups excluding tert-OH is 8. The quantitative estimate of drug-likeness (QED) is 0.216. The van der Waals surface area contributed by atoms with Crippen LogP contribution in [0.5, 0.6) is 0 Å². The van der Waals surface area contributed by atoms with Crippen LogP contribution in [0.2, 0.25) is 0 Å². The largest absolute Gasteiger partial charge is 0.394 e. The van der Waals surface area contributed by atoms with Gasteiger partial charge in [-0.05, 0) is 0 Å². The van der Waals surface area contributed by atoms with Gasteiger partial charge in [0.25, 0.3) is 0 Å². The number of rotatable bonds is 8. The van der Waals surface area contributed by atoms with Crippen molar-refractivity contribution >= 4 is 0 Å². The highest BCUT2D eigenvalue weighted by Gasteiger charge is 2.48. The maximum atomic E-state index is 9.75. The van der Waals surface area contributed by atoms with Gasteiger partial charge in [0.05, 0.1) is 19.8 Å². The fourth-order valence-electron chi connectivity index (χ4n) is 2.01. The molecule has 1 fully saturated rings. The molecule has 0 radical (unpaired) electrons. The molecule has 0 bridgehead atoms. The summed E-state index contributed by atoms with van der Waals surface area (Å²) in [4.78, 5) is 0. The van der Waals surface area contributed by atoms with E-state index in [4.69, 9.17) is 24.8 Å². The van der Waals surface area contributed by atoms with Gasteiger partial charge < -0.3 is 50.3 Å². The number of hydrogen-bond donors (Lipinski definition) is 8. The lowest BCUT2D eigenvalue weighted by atomic mass is 10.1. The zero-order valence-corrected chi connectivity index (χ0v) is 11.1. The summed E-state index contributed by atoms with van der Waals surface area (Å²) in [6.45, 7) is -2.28. The lowest BCUT2D eigenvalue weighted by Gasteiger charge is -2.29. The van der Waals surface area contributed by atoms with Crippen molar-refractivity contribution in [2.24, 2.45) is 0 Å². The first kappa shape index (κ1) is 18.6. The molecule has 8 N–H and O–H groups in total. The molecule has 126 valence electrons. The van der Waals surface area contributed by atoms with Crippen LogP contribution in [0.1, 0.15) is 0 Å². The Balaban J connectivity index is 2.75. The summed E-state index contributed by atoms with van der Waals surface area (Å²) in [6, 6.07) is 0. The van der Waals surface area contributed by atoms with Crippen molar-refractivity contribution in [2.45, 2.75) is 49.0 Å². The lowest BCUT2D eigenvalue weighted by Crippen LogP contribution is -2.47. The molecule has 7 atom stereocenters. The molecule has 0 aromatic rings. The Morgan fingerprint density at radius 1 is 0.857 bits per heavy atom. The van der Waals surface area contributed by atoms with Crippen LogP contribution in [0.15, 0.2) is 0 Å². The Labute approximate surface area is 120 Å². The van der Waals surface area contributed by atoms with Crippen LogP contribution in [-0.2, 0) is 9.47 Å². The summed E-state index contributed by atoms with van der Waals surface area (Å²) in [5, 5.41) is 74.4. The summed E-state index contributed by atoms with van der Waals surface area (Å²) in [6.07, 6.45) is -12.1. The minimum absolute atomic E-state index is 0.719. The normalized spacial score (nSPS) is 35.4. The van der Waals surface area contributed by atoms with E-state index in [0.717, 1.165) is 0 Å². The summed E-state index contributed by atoms with van der Waals surface area (Å²) in [7, 11) is 0. The molecule has 0 amide bonds. The standard InChI is InChI=1S/C11H22O10/c12-1-4(15)9(5(16)2-13)20-11-8(19)7(18)10(21-11)6(17)3-14/h4-19H,1-3H2/t4?,5?,6?,7-,8-,9?,10+,11-/m1/s1. The third-order valence-corrected chi connectivity index (χ3v) is 3.25. The molecular weight excluding hydrogens is 292 g/mol. The Morgan fingerprint density at radius 3 is 1.81 bits per heavy atom. The summed E-state index contributed by atoms with van der Waals surface area (Å²) in [5.74, 6) is 0. The highest BCUT2D eigenvalue weighted by atomic mass is 16.7. The Bertz CT molecular complexity index is 293. The highest BCUT2D eigenvalue weighted by molar-refractivity contribution is 4.91. The van der Waals surface area contributed by atoms with Gasteiger partial charge in [-0.25, -0.2) is 0 Å². The van der Waals surface area contributed by atoms with Crippen LogP contribution in [0.4, 0.5) is 0 Å².